The molecule has 2 aliphatic heterocycles. The zero-order valence-electron chi connectivity index (χ0n) is 21.6. The van der Waals surface area contributed by atoms with E-state index in [0.29, 0.717) is 5.56 Å². The van der Waals surface area contributed by atoms with Crippen LogP contribution >= 0.6 is 0 Å². The van der Waals surface area contributed by atoms with Crippen molar-refractivity contribution in [2.24, 2.45) is 5.89 Å². The van der Waals surface area contributed by atoms with E-state index >= 15 is 0 Å². The van der Waals surface area contributed by atoms with Gasteiger partial charge < -0.3 is 19.5 Å². The number of aliphatic hydroxyl groups is 1. The first-order valence-corrected chi connectivity index (χ1v) is 7.30. The number of hydrogen-bond acceptors (Lipinski definition) is 4. The first kappa shape index (κ1) is 6.54. The highest BCUT2D eigenvalue weighted by atomic mass is 16.5. The molecule has 0 radical (unpaired) electrons. The number of hydrogen-bond donors (Lipinski definition) is 1. The lowest BCUT2D eigenvalue weighted by Crippen LogP contribution is -2.64. The fourth-order valence-electron chi connectivity index (χ4n) is 4.44. The molecule has 22 heavy (non-hydrogen) atoms. The molecule has 1 N–H and O–H groups in total. The molecule has 0 amide bonds. The van der Waals surface area contributed by atoms with Crippen LogP contribution in [0.1, 0.15) is 29.9 Å². The van der Waals surface area contributed by atoms with Crippen molar-refractivity contribution < 1.29 is 26.9 Å². The monoisotopic (exact) mass is 309 g/mol. The number of methoxy groups -OCH3 is 1. The number of rotatable bonds is 2. The highest BCUT2D eigenvalue weighted by molar-refractivity contribution is 5.62. The summed E-state index contributed by atoms with van der Waals surface area (Å²) in [5.74, 6) is -1.89. The molecule has 1 spiro atoms. The van der Waals surface area contributed by atoms with E-state index < -0.39 is 49.9 Å². The van der Waals surface area contributed by atoms with E-state index in [9.17, 15) is 1.37 Å². The molecule has 4 aliphatic rings. The van der Waals surface area contributed by atoms with Gasteiger partial charge in [0, 0.05) is 31.1 Å². The molecule has 1 aromatic carbocycles. The summed E-state index contributed by atoms with van der Waals surface area (Å²) in [6, 6.07) is 1.30. The van der Waals surface area contributed by atoms with Crippen LogP contribution in [0, 0.1) is 5.89 Å². The van der Waals surface area contributed by atoms with E-state index in [-0.39, 0.29) is 30.0 Å². The standard InChI is InChI=1S/C18H21NO3/c1-19-8-7-18-11-4-5-13(20)17(18)22-16-14(21-2)6-3-10(15(16)18)9-12(11)19/h3-6,11-13,17,20H,7-9H2,1-2H3/t11-,12+,13?,17?,18-/m0/s1/i1D3,2D3,9D2,11D,20D. The molecule has 0 saturated carbocycles. The van der Waals surface area contributed by atoms with Crippen LogP contribution in [0.2, 0.25) is 0 Å². The van der Waals surface area contributed by atoms with Crippen molar-refractivity contribution in [2.45, 2.75) is 36.5 Å². The minimum Gasteiger partial charge on any atom is -0.493 e. The molecule has 2 bridgehead atoms. The highest BCUT2D eigenvalue weighted by Crippen LogP contribution is 2.62. The van der Waals surface area contributed by atoms with Gasteiger partial charge >= 0.3 is 0 Å². The molecule has 2 aliphatic carbocycles. The van der Waals surface area contributed by atoms with E-state index in [1.807, 2.05) is 0 Å². The van der Waals surface area contributed by atoms with E-state index in [1.54, 1.807) is 0 Å². The van der Waals surface area contributed by atoms with Crippen LogP contribution in [0.25, 0.3) is 0 Å². The minimum atomic E-state index is -2.79. The SMILES string of the molecule is [2H]OC1C=C[C@@]2([2H])[C@@H]3N(C([2H])([2H])[2H])CC[C@@]24c2c(ccc(OC([2H])([2H])[2H])c2OC14)C3([2H])[2H]. The van der Waals surface area contributed by atoms with E-state index in [1.165, 1.54) is 24.3 Å². The van der Waals surface area contributed by atoms with Crippen LogP contribution in [0.15, 0.2) is 24.3 Å². The topological polar surface area (TPSA) is 41.9 Å². The lowest BCUT2D eigenvalue weighted by atomic mass is 9.53. The highest BCUT2D eigenvalue weighted by Gasteiger charge is 2.64. The number of aliphatic hydroxyl groups excluding tert-OH is 1. The summed E-state index contributed by atoms with van der Waals surface area (Å²) in [4.78, 5) is 1.06. The second kappa shape index (κ2) is 4.06. The molecule has 1 fully saturated rings. The minimum absolute atomic E-state index is 0.00987. The summed E-state index contributed by atoms with van der Waals surface area (Å²) < 4.78 is 92.5. The smallest absolute Gasteiger partial charge is 0.211 e. The third-order valence-corrected chi connectivity index (χ3v) is 5.33. The predicted octanol–water partition coefficient (Wildman–Crippen LogP) is 1.50. The summed E-state index contributed by atoms with van der Waals surface area (Å²) in [5, 5.41) is 4.85. The van der Waals surface area contributed by atoms with Crippen LogP contribution in [0.5, 0.6) is 11.5 Å². The van der Waals surface area contributed by atoms with Gasteiger partial charge in [-0.3, -0.25) is 0 Å². The molecule has 1 saturated heterocycles. The van der Waals surface area contributed by atoms with Crippen LogP contribution in [-0.4, -0.2) is 50.2 Å². The summed E-state index contributed by atoms with van der Waals surface area (Å²) in [5.41, 5.74) is -0.810. The second-order valence-electron chi connectivity index (χ2n) is 6.20. The Labute approximate surface area is 144 Å². The third kappa shape index (κ3) is 1.28. The number of likely N-dealkylation sites (tertiary alicyclic amines) is 1. The Morgan fingerprint density at radius 2 is 2.59 bits per heavy atom. The summed E-state index contributed by atoms with van der Waals surface area (Å²) in [6.07, 6.45) is -1.18. The Morgan fingerprint density at radius 3 is 3.45 bits per heavy atom. The molecule has 5 atom stereocenters. The van der Waals surface area contributed by atoms with Crippen molar-refractivity contribution in [3.05, 3.63) is 35.4 Å². The quantitative estimate of drug-likeness (QED) is 0.841. The Morgan fingerprint density at radius 1 is 1.59 bits per heavy atom. The van der Waals surface area contributed by atoms with Gasteiger partial charge in [0.1, 0.15) is 12.2 Å². The van der Waals surface area contributed by atoms with Crippen molar-refractivity contribution in [2.75, 3.05) is 20.6 Å². The van der Waals surface area contributed by atoms with Gasteiger partial charge in [0.15, 0.2) is 11.5 Å². The first-order valence-electron chi connectivity index (χ1n) is 12.2. The van der Waals surface area contributed by atoms with Gasteiger partial charge in [0.05, 0.1) is 11.2 Å². The number of ether oxygens (including phenoxy) is 2. The molecule has 2 heterocycles. The van der Waals surface area contributed by atoms with Gasteiger partial charge in [-0.05, 0) is 37.9 Å². The van der Waals surface area contributed by atoms with Crippen LogP contribution in [0.4, 0.5) is 0 Å². The van der Waals surface area contributed by atoms with Crippen LogP contribution in [0.3, 0.4) is 0 Å². The average molecular weight is 309 g/mol. The summed E-state index contributed by atoms with van der Waals surface area (Å²) in [7, 11) is -2.79. The van der Waals surface area contributed by atoms with Crippen LogP contribution in [-0.2, 0) is 11.8 Å². The van der Waals surface area contributed by atoms with Crippen LogP contribution < -0.4 is 9.47 Å². The normalized spacial score (nSPS) is 54.5. The lowest BCUT2D eigenvalue weighted by Gasteiger charge is -2.56. The fourth-order valence-corrected chi connectivity index (χ4v) is 4.44. The van der Waals surface area contributed by atoms with Gasteiger partial charge in [-0.15, -0.1) is 0 Å². The number of piperidine rings is 1. The second-order valence-corrected chi connectivity index (χ2v) is 6.20. The molecule has 0 aromatic heterocycles. The average Bonchev–Trinajstić information content (AvgIpc) is 2.99. The Kier molecular flexibility index (Phi) is 1.21. The molecule has 1 aromatic rings. The van der Waals surface area contributed by atoms with Crippen molar-refractivity contribution in [1.82, 2.24) is 4.90 Å². The number of benzene rings is 1. The molecule has 5 rings (SSSR count). The molecular weight excluding hydrogens is 278 g/mol. The lowest BCUT2D eigenvalue weighted by molar-refractivity contribution is -0.0453. The number of likely N-dealkylation sites (N-methyl/N-ethyl adjacent to an activating group) is 1. The van der Waals surface area contributed by atoms with Gasteiger partial charge in [-0.25, -0.2) is 0 Å². The Hall–Kier alpha value is -1.52. The predicted molar refractivity (Wildman–Crippen MR) is 82.5 cm³/mol. The van der Waals surface area contributed by atoms with Crippen molar-refractivity contribution >= 4 is 0 Å². The van der Waals surface area contributed by atoms with Gasteiger partial charge in [0.2, 0.25) is 1.43 Å². The molecular formula is C18H21NO3. The Bertz CT molecular complexity index is 1010. The van der Waals surface area contributed by atoms with E-state index in [2.05, 4.69) is 0 Å². The zero-order chi connectivity index (χ0) is 23.5. The van der Waals surface area contributed by atoms with Crippen molar-refractivity contribution in [3.63, 3.8) is 0 Å². The third-order valence-electron chi connectivity index (χ3n) is 5.33. The summed E-state index contributed by atoms with van der Waals surface area (Å²) >= 11 is 0. The van der Waals surface area contributed by atoms with E-state index in [4.69, 9.17) is 27.0 Å². The Balaban J connectivity index is 1.84. The van der Waals surface area contributed by atoms with Gasteiger partial charge in [-0.1, -0.05) is 18.2 Å². The maximum absolute atomic E-state index is 9.49. The fraction of sp³-hybridized carbons (Fsp3) is 0.556. The summed E-state index contributed by atoms with van der Waals surface area (Å²) in [6.45, 7) is -2.67. The van der Waals surface area contributed by atoms with Gasteiger partial charge in [-0.2, -0.15) is 0 Å². The number of nitrogens with zero attached hydrogens (tertiary/aromatic N) is 1. The largest absolute Gasteiger partial charge is 0.493 e. The maximum Gasteiger partial charge on any atom is 0.211 e. The molecule has 4 nitrogen and oxygen atoms in total. The van der Waals surface area contributed by atoms with E-state index in [0.717, 1.165) is 4.90 Å². The molecule has 116 valence electrons. The van der Waals surface area contributed by atoms with Gasteiger partial charge in [0.25, 0.3) is 0 Å². The molecule has 2 unspecified atom stereocenters. The van der Waals surface area contributed by atoms with Crippen molar-refractivity contribution in [1.29, 1.82) is 1.43 Å². The zero-order valence-corrected chi connectivity index (χ0v) is 11.6. The maximum atomic E-state index is 9.49. The van der Waals surface area contributed by atoms with Crippen molar-refractivity contribution in [3.8, 4) is 11.5 Å². The first-order chi connectivity index (χ1) is 14.7. The molecule has 4 heteroatoms.